The molecule has 2 aliphatic rings. The lowest BCUT2D eigenvalue weighted by Crippen LogP contribution is -2.54. The quantitative estimate of drug-likeness (QED) is 0.458. The average molecular weight is 488 g/mol. The Hall–Kier alpha value is -2.99. The van der Waals surface area contributed by atoms with E-state index in [-0.39, 0.29) is 22.2 Å². The van der Waals surface area contributed by atoms with E-state index in [2.05, 4.69) is 55.3 Å². The fraction of sp³-hybridized carbons (Fsp3) is 0.379. The van der Waals surface area contributed by atoms with Crippen LogP contribution in [0, 0.1) is 0 Å². The van der Waals surface area contributed by atoms with Crippen molar-refractivity contribution in [1.29, 1.82) is 0 Å². The molecule has 5 rings (SSSR count). The summed E-state index contributed by atoms with van der Waals surface area (Å²) in [6.07, 6.45) is 1.57. The number of carbonyl (C=O) groups excluding carboxylic acids is 2. The van der Waals surface area contributed by atoms with Crippen LogP contribution < -0.4 is 5.32 Å². The lowest BCUT2D eigenvalue weighted by atomic mass is 9.86. The molecule has 0 bridgehead atoms. The molecule has 182 valence electrons. The van der Waals surface area contributed by atoms with Crippen LogP contribution in [0.1, 0.15) is 49.5 Å². The minimum atomic E-state index is -0.226. The molecule has 0 atom stereocenters. The molecule has 0 unspecified atom stereocenters. The number of carbonyl (C=O) groups is 2. The average Bonchev–Trinajstić information content (AvgIpc) is 3.26. The van der Waals surface area contributed by atoms with Gasteiger partial charge in [-0.25, -0.2) is 4.79 Å². The number of nitrogens with one attached hydrogen (secondary N) is 1. The van der Waals surface area contributed by atoms with Gasteiger partial charge in [-0.15, -0.1) is 11.8 Å². The summed E-state index contributed by atoms with van der Waals surface area (Å²) >= 11 is 1.87. The Kier molecular flexibility index (Phi) is 6.26. The number of hydrogen-bond acceptors (Lipinski definition) is 3. The number of benzene rings is 3. The molecule has 0 aromatic heterocycles. The molecular formula is C29H33N3O2S. The molecule has 35 heavy (non-hydrogen) atoms. The van der Waals surface area contributed by atoms with Gasteiger partial charge in [0.2, 0.25) is 0 Å². The SMILES string of the molecule is CC(C)(C)c1ccc(C(=O)N2CCSC23CCN(C(=O)Nc2cccc4ccccc24)CC3)cc1. The van der Waals surface area contributed by atoms with Gasteiger partial charge in [-0.1, -0.05) is 69.3 Å². The van der Waals surface area contributed by atoms with E-state index in [1.807, 2.05) is 59.1 Å². The largest absolute Gasteiger partial charge is 0.324 e. The molecule has 3 amide bonds. The molecule has 2 saturated heterocycles. The van der Waals surface area contributed by atoms with Crippen molar-refractivity contribution >= 4 is 40.2 Å². The van der Waals surface area contributed by atoms with Crippen molar-refractivity contribution < 1.29 is 9.59 Å². The molecule has 0 aliphatic carbocycles. The predicted molar refractivity (Wildman–Crippen MR) is 145 cm³/mol. The van der Waals surface area contributed by atoms with E-state index in [4.69, 9.17) is 0 Å². The van der Waals surface area contributed by atoms with E-state index < -0.39 is 0 Å². The third-order valence-electron chi connectivity index (χ3n) is 7.28. The molecule has 2 heterocycles. The Morgan fingerprint density at radius 1 is 0.886 bits per heavy atom. The maximum atomic E-state index is 13.5. The van der Waals surface area contributed by atoms with Crippen molar-refractivity contribution in [3.63, 3.8) is 0 Å². The first-order valence-corrected chi connectivity index (χ1v) is 13.4. The van der Waals surface area contributed by atoms with Gasteiger partial charge in [0.1, 0.15) is 0 Å². The first-order valence-electron chi connectivity index (χ1n) is 12.4. The maximum absolute atomic E-state index is 13.5. The minimum Gasteiger partial charge on any atom is -0.324 e. The van der Waals surface area contributed by atoms with Crippen LogP contribution in [0.4, 0.5) is 10.5 Å². The number of anilines is 1. The lowest BCUT2D eigenvalue weighted by molar-refractivity contribution is 0.0585. The van der Waals surface area contributed by atoms with Crippen LogP contribution in [0.2, 0.25) is 0 Å². The second kappa shape index (κ2) is 9.23. The van der Waals surface area contributed by atoms with Gasteiger partial charge in [-0.05, 0) is 47.4 Å². The van der Waals surface area contributed by atoms with E-state index in [0.717, 1.165) is 47.2 Å². The topological polar surface area (TPSA) is 52.7 Å². The summed E-state index contributed by atoms with van der Waals surface area (Å²) in [5.74, 6) is 1.04. The van der Waals surface area contributed by atoms with E-state index in [1.54, 1.807) is 0 Å². The highest BCUT2D eigenvalue weighted by atomic mass is 32.2. The molecule has 1 N–H and O–H groups in total. The van der Waals surface area contributed by atoms with Crippen LogP contribution in [0.15, 0.2) is 66.7 Å². The minimum absolute atomic E-state index is 0.0612. The third kappa shape index (κ3) is 4.64. The van der Waals surface area contributed by atoms with Gasteiger partial charge in [0, 0.05) is 36.3 Å². The van der Waals surface area contributed by atoms with Crippen molar-refractivity contribution in [2.24, 2.45) is 0 Å². The Morgan fingerprint density at radius 3 is 2.29 bits per heavy atom. The second-order valence-electron chi connectivity index (χ2n) is 10.5. The maximum Gasteiger partial charge on any atom is 0.321 e. The van der Waals surface area contributed by atoms with Gasteiger partial charge in [-0.2, -0.15) is 0 Å². The zero-order valence-corrected chi connectivity index (χ0v) is 21.5. The zero-order valence-electron chi connectivity index (χ0n) is 20.7. The highest BCUT2D eigenvalue weighted by molar-refractivity contribution is 8.00. The predicted octanol–water partition coefficient (Wildman–Crippen LogP) is 6.35. The van der Waals surface area contributed by atoms with Crippen molar-refractivity contribution in [3.8, 4) is 0 Å². The fourth-order valence-electron chi connectivity index (χ4n) is 5.17. The van der Waals surface area contributed by atoms with E-state index in [1.165, 1.54) is 5.56 Å². The number of nitrogens with zero attached hydrogens (tertiary/aromatic N) is 2. The molecule has 0 saturated carbocycles. The van der Waals surface area contributed by atoms with Crippen LogP contribution in [0.5, 0.6) is 0 Å². The Morgan fingerprint density at radius 2 is 1.57 bits per heavy atom. The summed E-state index contributed by atoms with van der Waals surface area (Å²) in [4.78, 5) is 30.3. The number of amides is 3. The number of hydrogen-bond donors (Lipinski definition) is 1. The lowest BCUT2D eigenvalue weighted by Gasteiger charge is -2.44. The Labute approximate surface area is 211 Å². The number of urea groups is 1. The third-order valence-corrected chi connectivity index (χ3v) is 8.84. The summed E-state index contributed by atoms with van der Waals surface area (Å²) in [5.41, 5.74) is 2.87. The second-order valence-corrected chi connectivity index (χ2v) is 12.0. The smallest absolute Gasteiger partial charge is 0.321 e. The molecule has 6 heteroatoms. The van der Waals surface area contributed by atoms with Gasteiger partial charge in [0.15, 0.2) is 0 Å². The fourth-order valence-corrected chi connectivity index (χ4v) is 6.62. The molecular weight excluding hydrogens is 454 g/mol. The molecule has 0 radical (unpaired) electrons. The van der Waals surface area contributed by atoms with Crippen LogP contribution in [0.3, 0.4) is 0 Å². The van der Waals surface area contributed by atoms with Crippen molar-refractivity contribution in [2.45, 2.75) is 43.9 Å². The number of thioether (sulfide) groups is 1. The number of rotatable bonds is 2. The summed E-state index contributed by atoms with van der Waals surface area (Å²) in [7, 11) is 0. The first-order chi connectivity index (χ1) is 16.8. The number of fused-ring (bicyclic) bond motifs is 1. The standard InChI is InChI=1S/C29H33N3O2S/c1-28(2,3)23-13-11-22(12-14-23)26(33)32-19-20-35-29(32)15-17-31(18-16-29)27(34)30-25-10-6-8-21-7-4-5-9-24(21)25/h4-14H,15-20H2,1-3H3,(H,30,34). The van der Waals surface area contributed by atoms with E-state index in [0.29, 0.717) is 13.1 Å². The van der Waals surface area contributed by atoms with Crippen LogP contribution in [-0.2, 0) is 5.41 Å². The highest BCUT2D eigenvalue weighted by Crippen LogP contribution is 2.44. The van der Waals surface area contributed by atoms with Crippen molar-refractivity contribution in [3.05, 3.63) is 77.9 Å². The molecule has 5 nitrogen and oxygen atoms in total. The summed E-state index contributed by atoms with van der Waals surface area (Å²) in [6.45, 7) is 8.57. The summed E-state index contributed by atoms with van der Waals surface area (Å²) in [6, 6.07) is 22.0. The molecule has 3 aromatic carbocycles. The van der Waals surface area contributed by atoms with Crippen molar-refractivity contribution in [1.82, 2.24) is 9.80 Å². The van der Waals surface area contributed by atoms with Gasteiger partial charge in [0.25, 0.3) is 5.91 Å². The number of likely N-dealkylation sites (tertiary alicyclic amines) is 1. The van der Waals surface area contributed by atoms with Gasteiger partial charge < -0.3 is 15.1 Å². The Bertz CT molecular complexity index is 1240. The monoisotopic (exact) mass is 487 g/mol. The van der Waals surface area contributed by atoms with Crippen LogP contribution in [-0.4, -0.2) is 52.0 Å². The van der Waals surface area contributed by atoms with Crippen LogP contribution >= 0.6 is 11.8 Å². The van der Waals surface area contributed by atoms with Gasteiger partial charge >= 0.3 is 6.03 Å². The van der Waals surface area contributed by atoms with E-state index in [9.17, 15) is 9.59 Å². The van der Waals surface area contributed by atoms with Gasteiger partial charge in [0.05, 0.1) is 10.6 Å². The summed E-state index contributed by atoms with van der Waals surface area (Å²) < 4.78 is 0. The van der Waals surface area contributed by atoms with E-state index >= 15 is 0 Å². The molecule has 2 fully saturated rings. The summed E-state index contributed by atoms with van der Waals surface area (Å²) in [5, 5.41) is 5.26. The number of piperidine rings is 1. The normalized spacial score (nSPS) is 17.7. The van der Waals surface area contributed by atoms with Crippen molar-refractivity contribution in [2.75, 3.05) is 30.7 Å². The first kappa shape index (κ1) is 23.7. The molecule has 2 aliphatic heterocycles. The molecule has 1 spiro atoms. The zero-order chi connectivity index (χ0) is 24.6. The highest BCUT2D eigenvalue weighted by Gasteiger charge is 2.47. The van der Waals surface area contributed by atoms with Gasteiger partial charge in [-0.3, -0.25) is 4.79 Å². The Balaban J connectivity index is 1.26. The molecule has 3 aromatic rings. The van der Waals surface area contributed by atoms with Crippen LogP contribution in [0.25, 0.3) is 10.8 Å².